The van der Waals surface area contributed by atoms with E-state index >= 15 is 0 Å². The molecule has 110 valence electrons. The molecule has 1 aromatic heterocycles. The van der Waals surface area contributed by atoms with Gasteiger partial charge in [0, 0.05) is 25.0 Å². The van der Waals surface area contributed by atoms with Crippen LogP contribution < -0.4 is 10.2 Å². The van der Waals surface area contributed by atoms with Crippen LogP contribution in [0.3, 0.4) is 0 Å². The van der Waals surface area contributed by atoms with Gasteiger partial charge in [-0.15, -0.1) is 0 Å². The van der Waals surface area contributed by atoms with Crippen molar-refractivity contribution in [3.05, 3.63) is 52.7 Å². The van der Waals surface area contributed by atoms with Crippen molar-refractivity contribution in [2.75, 3.05) is 18.0 Å². The van der Waals surface area contributed by atoms with Gasteiger partial charge in [0.2, 0.25) is 0 Å². The molecule has 0 saturated carbocycles. The fraction of sp³-hybridized carbons (Fsp3) is 0.353. The van der Waals surface area contributed by atoms with Crippen LogP contribution in [0.15, 0.2) is 36.5 Å². The van der Waals surface area contributed by atoms with Gasteiger partial charge >= 0.3 is 0 Å². The average molecular weight is 302 g/mol. The smallest absolute Gasteiger partial charge is 0.151 e. The van der Waals surface area contributed by atoms with Crippen LogP contribution in [0, 0.1) is 0 Å². The molecule has 1 N–H and O–H groups in total. The highest BCUT2D eigenvalue weighted by molar-refractivity contribution is 6.33. The molecule has 0 fully saturated rings. The monoisotopic (exact) mass is 301 g/mol. The molecule has 0 bridgehead atoms. The van der Waals surface area contributed by atoms with Crippen LogP contribution in [-0.4, -0.2) is 18.1 Å². The third-order valence-electron chi connectivity index (χ3n) is 3.82. The van der Waals surface area contributed by atoms with Crippen LogP contribution >= 0.6 is 11.6 Å². The van der Waals surface area contributed by atoms with Gasteiger partial charge in [-0.25, -0.2) is 4.98 Å². The summed E-state index contributed by atoms with van der Waals surface area (Å²) >= 11 is 6.48. The van der Waals surface area contributed by atoms with Crippen LogP contribution in [0.4, 0.5) is 11.5 Å². The molecule has 1 aromatic carbocycles. The van der Waals surface area contributed by atoms with Crippen molar-refractivity contribution in [1.82, 2.24) is 10.3 Å². The molecular weight excluding hydrogens is 282 g/mol. The first kappa shape index (κ1) is 14.4. The maximum Gasteiger partial charge on any atom is 0.151 e. The molecule has 0 aliphatic carbocycles. The van der Waals surface area contributed by atoms with E-state index in [0.717, 1.165) is 48.9 Å². The number of aromatic nitrogens is 1. The Kier molecular flexibility index (Phi) is 4.42. The predicted octanol–water partition coefficient (Wildman–Crippen LogP) is 3.93. The van der Waals surface area contributed by atoms with Gasteiger partial charge in [-0.1, -0.05) is 36.7 Å². The Morgan fingerprint density at radius 3 is 3.00 bits per heavy atom. The van der Waals surface area contributed by atoms with Crippen molar-refractivity contribution in [3.63, 3.8) is 0 Å². The third kappa shape index (κ3) is 3.04. The first-order valence-electron chi connectivity index (χ1n) is 7.50. The van der Waals surface area contributed by atoms with Gasteiger partial charge in [0.25, 0.3) is 0 Å². The van der Waals surface area contributed by atoms with Crippen molar-refractivity contribution in [2.45, 2.75) is 26.3 Å². The van der Waals surface area contributed by atoms with Crippen LogP contribution in [0.1, 0.15) is 24.5 Å². The van der Waals surface area contributed by atoms with E-state index in [1.807, 2.05) is 12.3 Å². The molecule has 1 aliphatic heterocycles. The topological polar surface area (TPSA) is 28.2 Å². The zero-order chi connectivity index (χ0) is 14.7. The summed E-state index contributed by atoms with van der Waals surface area (Å²) in [4.78, 5) is 6.84. The summed E-state index contributed by atoms with van der Waals surface area (Å²) in [6, 6.07) is 10.5. The second-order valence-corrected chi connectivity index (χ2v) is 5.72. The summed E-state index contributed by atoms with van der Waals surface area (Å²) in [5, 5.41) is 4.02. The molecular formula is C17H20ClN3. The summed E-state index contributed by atoms with van der Waals surface area (Å²) in [7, 11) is 0. The highest BCUT2D eigenvalue weighted by Crippen LogP contribution is 2.35. The van der Waals surface area contributed by atoms with E-state index in [-0.39, 0.29) is 0 Å². The van der Waals surface area contributed by atoms with Crippen molar-refractivity contribution in [2.24, 2.45) is 0 Å². The van der Waals surface area contributed by atoms with Gasteiger partial charge in [0.05, 0.1) is 5.02 Å². The molecule has 0 spiro atoms. The third-order valence-corrected chi connectivity index (χ3v) is 4.10. The summed E-state index contributed by atoms with van der Waals surface area (Å²) in [6.07, 6.45) is 4.18. The molecule has 0 unspecified atom stereocenters. The molecule has 0 atom stereocenters. The van der Waals surface area contributed by atoms with Crippen LogP contribution in [0.5, 0.6) is 0 Å². The number of para-hydroxylation sites is 1. The summed E-state index contributed by atoms with van der Waals surface area (Å²) in [5.41, 5.74) is 3.73. The van der Waals surface area contributed by atoms with Crippen molar-refractivity contribution in [1.29, 1.82) is 0 Å². The van der Waals surface area contributed by atoms with Gasteiger partial charge in [-0.3, -0.25) is 0 Å². The predicted molar refractivity (Wildman–Crippen MR) is 88.4 cm³/mol. The second kappa shape index (κ2) is 6.46. The molecule has 0 saturated heterocycles. The average Bonchev–Trinajstić information content (AvgIpc) is 2.53. The Hall–Kier alpha value is -1.58. The summed E-state index contributed by atoms with van der Waals surface area (Å²) in [5.74, 6) is 0.865. The van der Waals surface area contributed by atoms with Crippen LogP contribution in [-0.2, 0) is 13.0 Å². The number of halogens is 1. The van der Waals surface area contributed by atoms with Gasteiger partial charge in [0.1, 0.15) is 0 Å². The van der Waals surface area contributed by atoms with Gasteiger partial charge < -0.3 is 10.2 Å². The summed E-state index contributed by atoms with van der Waals surface area (Å²) in [6.45, 7) is 4.81. The number of rotatable bonds is 4. The lowest BCUT2D eigenvalue weighted by atomic mass is 10.0. The highest BCUT2D eigenvalue weighted by atomic mass is 35.5. The van der Waals surface area contributed by atoms with Crippen molar-refractivity contribution < 1.29 is 0 Å². The Labute approximate surface area is 131 Å². The number of benzene rings is 1. The molecule has 3 nitrogen and oxygen atoms in total. The maximum absolute atomic E-state index is 6.48. The SMILES string of the molecule is CCNCc1cnc(N2CCCc3ccccc32)c(Cl)c1. The summed E-state index contributed by atoms with van der Waals surface area (Å²) < 4.78 is 0. The molecule has 3 rings (SSSR count). The number of anilines is 2. The van der Waals surface area contributed by atoms with E-state index in [1.54, 1.807) is 0 Å². The van der Waals surface area contributed by atoms with E-state index in [2.05, 4.69) is 46.4 Å². The number of hydrogen-bond donors (Lipinski definition) is 1. The molecule has 1 aliphatic rings. The van der Waals surface area contributed by atoms with E-state index in [4.69, 9.17) is 11.6 Å². The van der Waals surface area contributed by atoms with E-state index in [9.17, 15) is 0 Å². The molecule has 0 radical (unpaired) electrons. The molecule has 0 amide bonds. The Morgan fingerprint density at radius 1 is 1.33 bits per heavy atom. The quantitative estimate of drug-likeness (QED) is 0.927. The number of nitrogens with zero attached hydrogens (tertiary/aromatic N) is 2. The second-order valence-electron chi connectivity index (χ2n) is 5.31. The van der Waals surface area contributed by atoms with Gasteiger partial charge in [-0.05, 0) is 42.6 Å². The lowest BCUT2D eigenvalue weighted by molar-refractivity contribution is 0.722. The Bertz CT molecular complexity index is 627. The normalized spacial score (nSPS) is 14.1. The van der Waals surface area contributed by atoms with Crippen molar-refractivity contribution in [3.8, 4) is 0 Å². The molecule has 2 aromatic rings. The van der Waals surface area contributed by atoms with Gasteiger partial charge in [0.15, 0.2) is 5.82 Å². The number of nitrogens with one attached hydrogen (secondary N) is 1. The lowest BCUT2D eigenvalue weighted by Gasteiger charge is -2.31. The van der Waals surface area contributed by atoms with Gasteiger partial charge in [-0.2, -0.15) is 0 Å². The van der Waals surface area contributed by atoms with Crippen molar-refractivity contribution >= 4 is 23.1 Å². The van der Waals surface area contributed by atoms with Crippen LogP contribution in [0.25, 0.3) is 0 Å². The van der Waals surface area contributed by atoms with E-state index < -0.39 is 0 Å². The largest absolute Gasteiger partial charge is 0.325 e. The number of aryl methyl sites for hydroxylation is 1. The Morgan fingerprint density at radius 2 is 2.19 bits per heavy atom. The first-order valence-corrected chi connectivity index (χ1v) is 7.88. The minimum absolute atomic E-state index is 0.724. The standard InChI is InChI=1S/C17H20ClN3/c1-2-19-11-13-10-15(18)17(20-12-13)21-9-5-7-14-6-3-4-8-16(14)21/h3-4,6,8,10,12,19H,2,5,7,9,11H2,1H3. The first-order chi connectivity index (χ1) is 10.3. The highest BCUT2D eigenvalue weighted by Gasteiger charge is 2.20. The minimum atomic E-state index is 0.724. The number of fused-ring (bicyclic) bond motifs is 1. The Balaban J connectivity index is 1.91. The van der Waals surface area contributed by atoms with E-state index in [0.29, 0.717) is 0 Å². The lowest BCUT2D eigenvalue weighted by Crippen LogP contribution is -2.25. The molecule has 21 heavy (non-hydrogen) atoms. The maximum atomic E-state index is 6.48. The molecule has 4 heteroatoms. The number of pyridine rings is 1. The number of hydrogen-bond acceptors (Lipinski definition) is 3. The van der Waals surface area contributed by atoms with Crippen LogP contribution in [0.2, 0.25) is 5.02 Å². The fourth-order valence-electron chi connectivity index (χ4n) is 2.79. The zero-order valence-electron chi connectivity index (χ0n) is 12.3. The molecule has 2 heterocycles. The minimum Gasteiger partial charge on any atom is -0.325 e. The fourth-order valence-corrected chi connectivity index (χ4v) is 3.08. The van der Waals surface area contributed by atoms with E-state index in [1.165, 1.54) is 11.3 Å². The zero-order valence-corrected chi connectivity index (χ0v) is 13.0.